The lowest BCUT2D eigenvalue weighted by molar-refractivity contribution is 0.251. The molecule has 0 radical (unpaired) electrons. The van der Waals surface area contributed by atoms with E-state index >= 15 is 0 Å². The molecular weight excluding hydrogens is 405 g/mol. The van der Waals surface area contributed by atoms with Crippen LogP contribution in [0.15, 0.2) is 48.5 Å². The number of hydrogen-bond acceptors (Lipinski definition) is 3. The van der Waals surface area contributed by atoms with E-state index in [0.29, 0.717) is 16.3 Å². The van der Waals surface area contributed by atoms with E-state index in [1.807, 2.05) is 24.3 Å². The highest BCUT2D eigenvalue weighted by atomic mass is 35.5. The van der Waals surface area contributed by atoms with Crippen LogP contribution in [0.5, 0.6) is 0 Å². The molecule has 0 atom stereocenters. The van der Waals surface area contributed by atoms with Gasteiger partial charge in [0.1, 0.15) is 5.82 Å². The van der Waals surface area contributed by atoms with Crippen LogP contribution in [0.3, 0.4) is 0 Å². The van der Waals surface area contributed by atoms with E-state index in [2.05, 4.69) is 31.4 Å². The summed E-state index contributed by atoms with van der Waals surface area (Å²) in [5.74, 6) is -0.454. The van der Waals surface area contributed by atoms with Gasteiger partial charge in [-0.1, -0.05) is 44.5 Å². The summed E-state index contributed by atoms with van der Waals surface area (Å²) >= 11 is 6.14. The number of halogens is 2. The fraction of sp³-hybridized carbons (Fsp3) is 0.273. The Labute approximate surface area is 180 Å². The molecule has 1 heterocycles. The predicted octanol–water partition coefficient (Wildman–Crippen LogP) is 4.74. The van der Waals surface area contributed by atoms with Gasteiger partial charge in [-0.3, -0.25) is 0 Å². The van der Waals surface area contributed by atoms with Crippen molar-refractivity contribution in [3.05, 3.63) is 76.3 Å². The molecule has 0 aliphatic heterocycles. The highest BCUT2D eigenvalue weighted by Crippen LogP contribution is 2.24. The molecule has 0 aliphatic rings. The monoisotopic (exact) mass is 429 g/mol. The number of amides is 2. The molecule has 3 aromatic rings. The third-order valence-electron chi connectivity index (χ3n) is 4.57. The Hall–Kier alpha value is -2.90. The topological polar surface area (TPSA) is 85.0 Å². The molecule has 8 heteroatoms. The second kappa shape index (κ2) is 8.85. The third-order valence-corrected chi connectivity index (χ3v) is 4.80. The average molecular weight is 430 g/mol. The molecule has 1 aromatic heterocycles. The molecule has 30 heavy (non-hydrogen) atoms. The molecule has 4 N–H and O–H groups in total. The van der Waals surface area contributed by atoms with Gasteiger partial charge in [-0.15, -0.1) is 0 Å². The van der Waals surface area contributed by atoms with E-state index in [4.69, 9.17) is 22.4 Å². The van der Waals surface area contributed by atoms with E-state index in [9.17, 15) is 9.18 Å². The summed E-state index contributed by atoms with van der Waals surface area (Å²) in [6.45, 7) is 6.54. The number of urea groups is 1. The summed E-state index contributed by atoms with van der Waals surface area (Å²) in [7, 11) is 0. The largest absolute Gasteiger partial charge is 0.332 e. The quantitative estimate of drug-likeness (QED) is 0.547. The average Bonchev–Trinajstić information content (AvgIpc) is 3.11. The number of carbonyl (C=O) groups excluding carboxylic acids is 1. The first kappa shape index (κ1) is 21.8. The third kappa shape index (κ3) is 5.17. The van der Waals surface area contributed by atoms with Crippen LogP contribution in [0.1, 0.15) is 37.7 Å². The highest BCUT2D eigenvalue weighted by Gasteiger charge is 2.21. The van der Waals surface area contributed by atoms with Crippen LogP contribution in [0.2, 0.25) is 5.02 Å². The van der Waals surface area contributed by atoms with Gasteiger partial charge in [0.2, 0.25) is 0 Å². The van der Waals surface area contributed by atoms with E-state index < -0.39 is 11.8 Å². The lowest BCUT2D eigenvalue weighted by Crippen LogP contribution is -2.29. The molecule has 0 fully saturated rings. The first-order valence-electron chi connectivity index (χ1n) is 9.56. The fourth-order valence-electron chi connectivity index (χ4n) is 2.88. The number of hydrogen-bond donors (Lipinski definition) is 3. The summed E-state index contributed by atoms with van der Waals surface area (Å²) in [4.78, 5) is 12.3. The van der Waals surface area contributed by atoms with Crippen molar-refractivity contribution in [2.45, 2.75) is 39.3 Å². The number of aromatic nitrogens is 2. The number of rotatable bonds is 5. The van der Waals surface area contributed by atoms with Gasteiger partial charge >= 0.3 is 6.03 Å². The number of carbonyl (C=O) groups is 1. The molecule has 158 valence electrons. The van der Waals surface area contributed by atoms with Crippen LogP contribution in [-0.4, -0.2) is 15.8 Å². The van der Waals surface area contributed by atoms with Crippen LogP contribution < -0.4 is 16.4 Å². The minimum absolute atomic E-state index is 0.0991. The Kier molecular flexibility index (Phi) is 6.43. The Morgan fingerprint density at radius 3 is 2.60 bits per heavy atom. The van der Waals surface area contributed by atoms with Gasteiger partial charge in [0.05, 0.1) is 23.6 Å². The van der Waals surface area contributed by atoms with Crippen LogP contribution >= 0.6 is 11.6 Å². The number of nitrogens with two attached hydrogens (primary N) is 1. The van der Waals surface area contributed by atoms with Crippen molar-refractivity contribution < 1.29 is 9.18 Å². The maximum absolute atomic E-state index is 13.9. The molecule has 2 aromatic carbocycles. The van der Waals surface area contributed by atoms with Gasteiger partial charge in [-0.05, 0) is 36.4 Å². The fourth-order valence-corrected chi connectivity index (χ4v) is 3.06. The van der Waals surface area contributed by atoms with Crippen LogP contribution in [0.4, 0.5) is 14.9 Å². The molecule has 2 amide bonds. The smallest absolute Gasteiger partial charge is 0.319 e. The summed E-state index contributed by atoms with van der Waals surface area (Å²) in [5, 5.41) is 10.7. The Morgan fingerprint density at radius 2 is 1.97 bits per heavy atom. The molecule has 0 saturated carbocycles. The molecule has 3 rings (SSSR count). The highest BCUT2D eigenvalue weighted by molar-refractivity contribution is 6.30. The minimum Gasteiger partial charge on any atom is -0.332 e. The zero-order chi connectivity index (χ0) is 21.9. The maximum Gasteiger partial charge on any atom is 0.319 e. The summed E-state index contributed by atoms with van der Waals surface area (Å²) < 4.78 is 15.6. The van der Waals surface area contributed by atoms with E-state index in [-0.39, 0.29) is 18.5 Å². The van der Waals surface area contributed by atoms with E-state index in [1.54, 1.807) is 22.9 Å². The molecule has 0 bridgehead atoms. The Balaban J connectivity index is 1.77. The van der Waals surface area contributed by atoms with Gasteiger partial charge in [-0.25, -0.2) is 13.9 Å². The molecular formula is C22H25ClFN5O. The van der Waals surface area contributed by atoms with Crippen molar-refractivity contribution in [2.75, 3.05) is 5.32 Å². The Bertz CT molecular complexity index is 1060. The van der Waals surface area contributed by atoms with Gasteiger partial charge in [0.25, 0.3) is 0 Å². The predicted molar refractivity (Wildman–Crippen MR) is 117 cm³/mol. The summed E-state index contributed by atoms with van der Waals surface area (Å²) in [6, 6.07) is 13.3. The van der Waals surface area contributed by atoms with Crippen molar-refractivity contribution in [1.29, 1.82) is 0 Å². The standard InChI is InChI=1S/C22H25ClFN5O/c1-22(2,3)20-11-18(29(28-20)17-6-4-5-15(23)9-17)13-26-21(30)27-16-8-7-14(12-25)19(24)10-16/h4-11H,12-13,25H2,1-3H3,(H2,26,27,30). The number of anilines is 1. The van der Waals surface area contributed by atoms with E-state index in [1.165, 1.54) is 6.07 Å². The van der Waals surface area contributed by atoms with E-state index in [0.717, 1.165) is 17.1 Å². The van der Waals surface area contributed by atoms with Gasteiger partial charge in [-0.2, -0.15) is 5.10 Å². The lowest BCUT2D eigenvalue weighted by Gasteiger charge is -2.14. The van der Waals surface area contributed by atoms with Crippen molar-refractivity contribution in [1.82, 2.24) is 15.1 Å². The summed E-state index contributed by atoms with van der Waals surface area (Å²) in [6.07, 6.45) is 0. The zero-order valence-corrected chi connectivity index (χ0v) is 17.9. The van der Waals surface area contributed by atoms with Crippen molar-refractivity contribution >= 4 is 23.3 Å². The molecule has 0 spiro atoms. The minimum atomic E-state index is -0.454. The van der Waals surface area contributed by atoms with Gasteiger partial charge in [0, 0.05) is 28.2 Å². The second-order valence-corrected chi connectivity index (χ2v) is 8.42. The normalized spacial score (nSPS) is 11.4. The van der Waals surface area contributed by atoms with Crippen LogP contribution in [0.25, 0.3) is 5.69 Å². The maximum atomic E-state index is 13.9. The number of nitrogens with one attached hydrogen (secondary N) is 2. The van der Waals surface area contributed by atoms with Crippen LogP contribution in [-0.2, 0) is 18.5 Å². The van der Waals surface area contributed by atoms with Crippen molar-refractivity contribution in [3.63, 3.8) is 0 Å². The molecule has 0 unspecified atom stereocenters. The first-order chi connectivity index (χ1) is 14.2. The van der Waals surface area contributed by atoms with Crippen molar-refractivity contribution in [2.24, 2.45) is 5.73 Å². The van der Waals surface area contributed by atoms with Gasteiger partial charge < -0.3 is 16.4 Å². The van der Waals surface area contributed by atoms with Crippen LogP contribution in [0, 0.1) is 5.82 Å². The zero-order valence-electron chi connectivity index (χ0n) is 17.2. The molecule has 0 saturated heterocycles. The van der Waals surface area contributed by atoms with Gasteiger partial charge in [0.15, 0.2) is 0 Å². The molecule has 6 nitrogen and oxygen atoms in total. The number of nitrogens with zero attached hydrogens (tertiary/aromatic N) is 2. The first-order valence-corrected chi connectivity index (χ1v) is 9.94. The SMILES string of the molecule is CC(C)(C)c1cc(CNC(=O)Nc2ccc(CN)c(F)c2)n(-c2cccc(Cl)c2)n1. The second-order valence-electron chi connectivity index (χ2n) is 7.98. The molecule has 0 aliphatic carbocycles. The Morgan fingerprint density at radius 1 is 1.20 bits per heavy atom. The lowest BCUT2D eigenvalue weighted by atomic mass is 9.92. The van der Waals surface area contributed by atoms with Crippen molar-refractivity contribution in [3.8, 4) is 5.69 Å². The summed E-state index contributed by atoms with van der Waals surface area (Å²) in [5.41, 5.74) is 8.52. The number of benzene rings is 2.